The third kappa shape index (κ3) is 2.60. The van der Waals surface area contributed by atoms with Crippen molar-refractivity contribution >= 4 is 23.1 Å². The Balaban J connectivity index is 2.24. The molecule has 0 bridgehead atoms. The second-order valence-electron chi connectivity index (χ2n) is 3.51. The van der Waals surface area contributed by atoms with Gasteiger partial charge in [-0.05, 0) is 18.2 Å². The summed E-state index contributed by atoms with van der Waals surface area (Å²) in [5.41, 5.74) is 7.22. The molecule has 17 heavy (non-hydrogen) atoms. The lowest BCUT2D eigenvalue weighted by atomic mass is 10.1. The van der Waals surface area contributed by atoms with Crippen LogP contribution in [-0.4, -0.2) is 15.8 Å². The SMILES string of the molecule is Nc1ccncc1CC(=O)c1ncccc1Cl. The number of hydrogen-bond donors (Lipinski definition) is 1. The zero-order valence-electron chi connectivity index (χ0n) is 8.93. The third-order valence-electron chi connectivity index (χ3n) is 2.31. The Hall–Kier alpha value is -1.94. The molecule has 2 heterocycles. The van der Waals surface area contributed by atoms with Gasteiger partial charge in [-0.1, -0.05) is 11.6 Å². The number of carbonyl (C=O) groups is 1. The van der Waals surface area contributed by atoms with Crippen LogP contribution in [0.2, 0.25) is 5.02 Å². The number of anilines is 1. The molecule has 2 N–H and O–H groups in total. The van der Waals surface area contributed by atoms with E-state index < -0.39 is 0 Å². The summed E-state index contributed by atoms with van der Waals surface area (Å²) in [6, 6.07) is 4.97. The molecule has 0 saturated carbocycles. The third-order valence-corrected chi connectivity index (χ3v) is 2.62. The van der Waals surface area contributed by atoms with Crippen molar-refractivity contribution in [3.8, 4) is 0 Å². The van der Waals surface area contributed by atoms with E-state index in [9.17, 15) is 4.79 Å². The van der Waals surface area contributed by atoms with Crippen LogP contribution >= 0.6 is 11.6 Å². The van der Waals surface area contributed by atoms with Crippen LogP contribution < -0.4 is 5.73 Å². The number of aromatic nitrogens is 2. The molecule has 5 heteroatoms. The van der Waals surface area contributed by atoms with Gasteiger partial charge in [0.25, 0.3) is 0 Å². The van der Waals surface area contributed by atoms with E-state index in [2.05, 4.69) is 9.97 Å². The van der Waals surface area contributed by atoms with Crippen molar-refractivity contribution in [2.75, 3.05) is 5.73 Å². The highest BCUT2D eigenvalue weighted by atomic mass is 35.5. The van der Waals surface area contributed by atoms with E-state index in [1.54, 1.807) is 30.6 Å². The lowest BCUT2D eigenvalue weighted by Crippen LogP contribution is -2.08. The van der Waals surface area contributed by atoms with E-state index in [0.717, 1.165) is 0 Å². The summed E-state index contributed by atoms with van der Waals surface area (Å²) in [5, 5.41) is 0.347. The maximum atomic E-state index is 12.0. The van der Waals surface area contributed by atoms with Crippen LogP contribution in [0.4, 0.5) is 5.69 Å². The monoisotopic (exact) mass is 247 g/mol. The minimum Gasteiger partial charge on any atom is -0.398 e. The van der Waals surface area contributed by atoms with Crippen molar-refractivity contribution in [2.24, 2.45) is 0 Å². The van der Waals surface area contributed by atoms with Crippen LogP contribution in [0.15, 0.2) is 36.8 Å². The Morgan fingerprint density at radius 1 is 1.35 bits per heavy atom. The van der Waals surface area contributed by atoms with Gasteiger partial charge in [-0.3, -0.25) is 14.8 Å². The standard InChI is InChI=1S/C12H10ClN3O/c13-9-2-1-4-16-12(9)11(17)6-8-7-15-5-3-10(8)14/h1-5,7H,6H2,(H2,14,15). The van der Waals surface area contributed by atoms with Crippen molar-refractivity contribution in [1.82, 2.24) is 9.97 Å². The zero-order valence-corrected chi connectivity index (χ0v) is 9.69. The van der Waals surface area contributed by atoms with Crippen LogP contribution in [0.1, 0.15) is 16.1 Å². The first-order valence-corrected chi connectivity index (χ1v) is 5.38. The van der Waals surface area contributed by atoms with Gasteiger partial charge in [-0.25, -0.2) is 0 Å². The molecule has 0 unspecified atom stereocenters. The van der Waals surface area contributed by atoms with Gasteiger partial charge in [0.15, 0.2) is 5.78 Å². The molecule has 2 rings (SSSR count). The number of carbonyl (C=O) groups excluding carboxylic acids is 1. The van der Waals surface area contributed by atoms with E-state index in [-0.39, 0.29) is 17.9 Å². The van der Waals surface area contributed by atoms with Gasteiger partial charge in [0.1, 0.15) is 5.69 Å². The average molecular weight is 248 g/mol. The average Bonchev–Trinajstić information content (AvgIpc) is 2.32. The minimum absolute atomic E-state index is 0.149. The second kappa shape index (κ2) is 4.93. The van der Waals surface area contributed by atoms with Gasteiger partial charge < -0.3 is 5.73 Å². The fraction of sp³-hybridized carbons (Fsp3) is 0.0833. The predicted octanol–water partition coefficient (Wildman–Crippen LogP) is 2.14. The maximum absolute atomic E-state index is 12.0. The Morgan fingerprint density at radius 2 is 2.18 bits per heavy atom. The Labute approximate surface area is 103 Å². The van der Waals surface area contributed by atoms with Crippen LogP contribution in [0, 0.1) is 0 Å². The van der Waals surface area contributed by atoms with E-state index in [1.165, 1.54) is 6.20 Å². The highest BCUT2D eigenvalue weighted by molar-refractivity contribution is 6.33. The minimum atomic E-state index is -0.171. The number of nitrogens with zero attached hydrogens (tertiary/aromatic N) is 2. The fourth-order valence-electron chi connectivity index (χ4n) is 1.43. The normalized spacial score (nSPS) is 10.2. The number of ketones is 1. The summed E-state index contributed by atoms with van der Waals surface area (Å²) >= 11 is 5.89. The summed E-state index contributed by atoms with van der Waals surface area (Å²) in [7, 11) is 0. The predicted molar refractivity (Wildman–Crippen MR) is 65.9 cm³/mol. The summed E-state index contributed by atoms with van der Waals surface area (Å²) in [4.78, 5) is 19.8. The van der Waals surface area contributed by atoms with Gasteiger partial charge in [0.2, 0.25) is 0 Å². The van der Waals surface area contributed by atoms with Crippen molar-refractivity contribution < 1.29 is 4.79 Å². The molecular formula is C12H10ClN3O. The molecule has 0 spiro atoms. The van der Waals surface area contributed by atoms with Crippen molar-refractivity contribution in [3.05, 3.63) is 53.1 Å². The molecule has 86 valence electrons. The van der Waals surface area contributed by atoms with E-state index in [0.29, 0.717) is 16.3 Å². The van der Waals surface area contributed by atoms with E-state index in [1.807, 2.05) is 0 Å². The van der Waals surface area contributed by atoms with Crippen LogP contribution in [0.3, 0.4) is 0 Å². The molecule has 0 aliphatic heterocycles. The van der Waals surface area contributed by atoms with Crippen molar-refractivity contribution in [3.63, 3.8) is 0 Å². The lowest BCUT2D eigenvalue weighted by molar-refractivity contribution is 0.0988. The van der Waals surface area contributed by atoms with E-state index >= 15 is 0 Å². The lowest BCUT2D eigenvalue weighted by Gasteiger charge is -2.04. The summed E-state index contributed by atoms with van der Waals surface area (Å²) in [6.07, 6.45) is 4.84. The molecule has 2 aromatic rings. The van der Waals surface area contributed by atoms with Crippen molar-refractivity contribution in [2.45, 2.75) is 6.42 Å². The van der Waals surface area contributed by atoms with Crippen LogP contribution in [-0.2, 0) is 6.42 Å². The number of hydrogen-bond acceptors (Lipinski definition) is 4. The zero-order chi connectivity index (χ0) is 12.3. The number of rotatable bonds is 3. The first-order valence-electron chi connectivity index (χ1n) is 5.00. The summed E-state index contributed by atoms with van der Waals surface area (Å²) < 4.78 is 0. The Bertz CT molecular complexity index is 557. The van der Waals surface area contributed by atoms with Crippen molar-refractivity contribution in [1.29, 1.82) is 0 Å². The summed E-state index contributed by atoms with van der Waals surface area (Å²) in [6.45, 7) is 0. The molecule has 0 aliphatic carbocycles. The molecule has 0 radical (unpaired) electrons. The molecule has 0 aliphatic rings. The fourth-order valence-corrected chi connectivity index (χ4v) is 1.66. The number of nitrogen functional groups attached to an aromatic ring is 1. The number of halogens is 1. The smallest absolute Gasteiger partial charge is 0.187 e. The quantitative estimate of drug-likeness (QED) is 0.844. The molecule has 0 saturated heterocycles. The second-order valence-corrected chi connectivity index (χ2v) is 3.92. The molecule has 4 nitrogen and oxygen atoms in total. The Kier molecular flexibility index (Phi) is 3.35. The van der Waals surface area contributed by atoms with Gasteiger partial charge in [0, 0.05) is 36.3 Å². The highest BCUT2D eigenvalue weighted by Crippen LogP contribution is 2.17. The highest BCUT2D eigenvalue weighted by Gasteiger charge is 2.13. The summed E-state index contributed by atoms with van der Waals surface area (Å²) in [5.74, 6) is -0.171. The molecule has 0 amide bonds. The molecule has 0 fully saturated rings. The topological polar surface area (TPSA) is 68.9 Å². The molecule has 2 aromatic heterocycles. The molecule has 0 atom stereocenters. The first-order chi connectivity index (χ1) is 8.18. The maximum Gasteiger partial charge on any atom is 0.187 e. The Morgan fingerprint density at radius 3 is 2.88 bits per heavy atom. The number of pyridine rings is 2. The largest absolute Gasteiger partial charge is 0.398 e. The number of Topliss-reactive ketones (excluding diaryl/α,β-unsaturated/α-hetero) is 1. The van der Waals surface area contributed by atoms with Gasteiger partial charge >= 0.3 is 0 Å². The van der Waals surface area contributed by atoms with Gasteiger partial charge in [-0.15, -0.1) is 0 Å². The molecular weight excluding hydrogens is 238 g/mol. The van der Waals surface area contributed by atoms with Crippen LogP contribution in [0.5, 0.6) is 0 Å². The van der Waals surface area contributed by atoms with Gasteiger partial charge in [0.05, 0.1) is 5.02 Å². The van der Waals surface area contributed by atoms with E-state index in [4.69, 9.17) is 17.3 Å². The van der Waals surface area contributed by atoms with Gasteiger partial charge in [-0.2, -0.15) is 0 Å². The van der Waals surface area contributed by atoms with Crippen LogP contribution in [0.25, 0.3) is 0 Å². The molecule has 0 aromatic carbocycles. The number of nitrogens with two attached hydrogens (primary N) is 1. The first kappa shape index (κ1) is 11.5.